The molecule has 1 saturated carbocycles. The van der Waals surface area contributed by atoms with Crippen molar-refractivity contribution in [1.82, 2.24) is 9.97 Å². The monoisotopic (exact) mass is 205 g/mol. The molecule has 1 aromatic heterocycles. The van der Waals surface area contributed by atoms with Crippen molar-refractivity contribution in [1.29, 1.82) is 0 Å². The molecule has 5 nitrogen and oxygen atoms in total. The van der Waals surface area contributed by atoms with Crippen LogP contribution in [0.15, 0.2) is 12.8 Å². The van der Waals surface area contributed by atoms with Crippen LogP contribution in [0.25, 0.3) is 0 Å². The number of aromatic nitrogens is 2. The fourth-order valence-electron chi connectivity index (χ4n) is 1.32. The summed E-state index contributed by atoms with van der Waals surface area (Å²) < 4.78 is 0. The highest BCUT2D eigenvalue weighted by atomic mass is 15.1. The molecule has 15 heavy (non-hydrogen) atoms. The van der Waals surface area contributed by atoms with Crippen LogP contribution in [-0.2, 0) is 0 Å². The Labute approximate surface area is 88.8 Å². The molecule has 0 unspecified atom stereocenters. The highest BCUT2D eigenvalue weighted by Crippen LogP contribution is 2.29. The molecular formula is C10H15N5. The van der Waals surface area contributed by atoms with E-state index in [1.807, 2.05) is 6.92 Å². The summed E-state index contributed by atoms with van der Waals surface area (Å²) in [4.78, 5) is 8.47. The number of hydrogen-bond acceptors (Lipinski definition) is 5. The van der Waals surface area contributed by atoms with Crippen molar-refractivity contribution in [3.63, 3.8) is 0 Å². The maximum atomic E-state index is 5.92. The van der Waals surface area contributed by atoms with Crippen LogP contribution in [-0.4, -0.2) is 16.0 Å². The van der Waals surface area contributed by atoms with Gasteiger partial charge in [-0.3, -0.25) is 0 Å². The number of anilines is 3. The number of nitrogens with two attached hydrogens (primary N) is 1. The average molecular weight is 205 g/mol. The van der Waals surface area contributed by atoms with Gasteiger partial charge >= 0.3 is 0 Å². The van der Waals surface area contributed by atoms with E-state index in [2.05, 4.69) is 27.2 Å². The van der Waals surface area contributed by atoms with E-state index in [-0.39, 0.29) is 0 Å². The minimum absolute atomic E-state index is 0.526. The third-order valence-electron chi connectivity index (χ3n) is 2.21. The van der Waals surface area contributed by atoms with Crippen LogP contribution in [0.4, 0.5) is 17.3 Å². The summed E-state index contributed by atoms with van der Waals surface area (Å²) in [5.74, 6) is 2.02. The molecule has 0 bridgehead atoms. The van der Waals surface area contributed by atoms with Crippen LogP contribution in [0.1, 0.15) is 18.7 Å². The van der Waals surface area contributed by atoms with E-state index in [4.69, 9.17) is 5.73 Å². The molecule has 1 aliphatic rings. The lowest BCUT2D eigenvalue weighted by molar-refractivity contribution is 1.03. The Morgan fingerprint density at radius 3 is 2.67 bits per heavy atom. The van der Waals surface area contributed by atoms with Gasteiger partial charge in [0.2, 0.25) is 0 Å². The molecule has 5 heteroatoms. The van der Waals surface area contributed by atoms with E-state index in [9.17, 15) is 0 Å². The molecule has 1 heterocycles. The summed E-state index contributed by atoms with van der Waals surface area (Å²) >= 11 is 0. The molecule has 0 atom stereocenters. The Bertz CT molecular complexity index is 384. The SMILES string of the molecule is C=CNc1nc(C)nc(NC2CC2)c1N. The number of nitrogen functional groups attached to an aromatic ring is 1. The summed E-state index contributed by atoms with van der Waals surface area (Å²) in [7, 11) is 0. The molecule has 0 saturated heterocycles. The normalized spacial score (nSPS) is 14.7. The third-order valence-corrected chi connectivity index (χ3v) is 2.21. The summed E-state index contributed by atoms with van der Waals surface area (Å²) in [5, 5.41) is 6.17. The molecular weight excluding hydrogens is 190 g/mol. The molecule has 0 amide bonds. The van der Waals surface area contributed by atoms with Gasteiger partial charge in [0.05, 0.1) is 0 Å². The predicted molar refractivity (Wildman–Crippen MR) is 61.6 cm³/mol. The first-order valence-electron chi connectivity index (χ1n) is 4.99. The van der Waals surface area contributed by atoms with Crippen molar-refractivity contribution in [3.8, 4) is 0 Å². The van der Waals surface area contributed by atoms with Crippen LogP contribution in [0.2, 0.25) is 0 Å². The molecule has 80 valence electrons. The zero-order valence-corrected chi connectivity index (χ0v) is 8.75. The van der Waals surface area contributed by atoms with E-state index in [1.165, 1.54) is 12.8 Å². The average Bonchev–Trinajstić information content (AvgIpc) is 2.97. The molecule has 2 rings (SSSR count). The highest BCUT2D eigenvalue weighted by molar-refractivity contribution is 5.75. The topological polar surface area (TPSA) is 75.9 Å². The lowest BCUT2D eigenvalue weighted by Gasteiger charge is -2.11. The number of nitrogens with one attached hydrogen (secondary N) is 2. The first kappa shape index (κ1) is 9.76. The molecule has 0 aliphatic heterocycles. The van der Waals surface area contributed by atoms with Crippen molar-refractivity contribution < 1.29 is 0 Å². The van der Waals surface area contributed by atoms with E-state index < -0.39 is 0 Å². The predicted octanol–water partition coefficient (Wildman–Crippen LogP) is 1.50. The van der Waals surface area contributed by atoms with E-state index >= 15 is 0 Å². The molecule has 1 aliphatic carbocycles. The van der Waals surface area contributed by atoms with Gasteiger partial charge in [-0.05, 0) is 26.0 Å². The van der Waals surface area contributed by atoms with Crippen LogP contribution in [0, 0.1) is 6.92 Å². The van der Waals surface area contributed by atoms with Gasteiger partial charge in [-0.2, -0.15) is 0 Å². The first-order valence-corrected chi connectivity index (χ1v) is 4.99. The minimum Gasteiger partial charge on any atom is -0.393 e. The maximum absolute atomic E-state index is 5.92. The quantitative estimate of drug-likeness (QED) is 0.694. The standard InChI is InChI=1S/C10H15N5/c1-3-12-9-8(11)10(14-6(2)13-9)15-7-4-5-7/h3,7H,1,4-5,11H2,2H3,(H2,12,13,14,15). The lowest BCUT2D eigenvalue weighted by atomic mass is 10.4. The number of rotatable bonds is 4. The number of nitrogens with zero attached hydrogens (tertiary/aromatic N) is 2. The molecule has 0 radical (unpaired) electrons. The van der Waals surface area contributed by atoms with E-state index in [0.29, 0.717) is 29.2 Å². The molecule has 1 aromatic rings. The molecule has 0 aromatic carbocycles. The van der Waals surface area contributed by atoms with Crippen molar-refractivity contribution in [3.05, 3.63) is 18.6 Å². The fourth-order valence-corrected chi connectivity index (χ4v) is 1.32. The van der Waals surface area contributed by atoms with Crippen molar-refractivity contribution >= 4 is 17.3 Å². The Balaban J connectivity index is 2.29. The second-order valence-corrected chi connectivity index (χ2v) is 3.65. The number of hydrogen-bond donors (Lipinski definition) is 3. The Morgan fingerprint density at radius 1 is 1.40 bits per heavy atom. The largest absolute Gasteiger partial charge is 0.393 e. The van der Waals surface area contributed by atoms with Crippen LogP contribution in [0.5, 0.6) is 0 Å². The maximum Gasteiger partial charge on any atom is 0.159 e. The Kier molecular flexibility index (Phi) is 2.45. The van der Waals surface area contributed by atoms with Crippen molar-refractivity contribution in [2.75, 3.05) is 16.4 Å². The van der Waals surface area contributed by atoms with Crippen molar-refractivity contribution in [2.24, 2.45) is 0 Å². The Hall–Kier alpha value is -1.78. The summed E-state index contributed by atoms with van der Waals surface area (Å²) in [6.45, 7) is 5.42. The van der Waals surface area contributed by atoms with Crippen LogP contribution >= 0.6 is 0 Å². The Morgan fingerprint density at radius 2 is 2.07 bits per heavy atom. The van der Waals surface area contributed by atoms with Gasteiger partial charge in [0, 0.05) is 6.04 Å². The van der Waals surface area contributed by atoms with Gasteiger partial charge in [0.15, 0.2) is 11.6 Å². The first-order chi connectivity index (χ1) is 7.20. The molecule has 1 fully saturated rings. The summed E-state index contributed by atoms with van der Waals surface area (Å²) in [6, 6.07) is 0.526. The smallest absolute Gasteiger partial charge is 0.159 e. The number of aryl methyl sites for hydroxylation is 1. The zero-order valence-electron chi connectivity index (χ0n) is 8.75. The summed E-state index contributed by atoms with van der Waals surface area (Å²) in [6.07, 6.45) is 3.93. The van der Waals surface area contributed by atoms with Crippen molar-refractivity contribution in [2.45, 2.75) is 25.8 Å². The molecule has 0 spiro atoms. The minimum atomic E-state index is 0.526. The van der Waals surface area contributed by atoms with E-state index in [0.717, 1.165) is 0 Å². The lowest BCUT2D eigenvalue weighted by Crippen LogP contribution is -2.10. The van der Waals surface area contributed by atoms with Gasteiger partial charge < -0.3 is 16.4 Å². The van der Waals surface area contributed by atoms with Gasteiger partial charge in [-0.15, -0.1) is 0 Å². The van der Waals surface area contributed by atoms with Gasteiger partial charge in [-0.25, -0.2) is 9.97 Å². The van der Waals surface area contributed by atoms with Gasteiger partial charge in [-0.1, -0.05) is 6.58 Å². The second-order valence-electron chi connectivity index (χ2n) is 3.65. The molecule has 4 N–H and O–H groups in total. The third kappa shape index (κ3) is 2.18. The second kappa shape index (κ2) is 3.76. The highest BCUT2D eigenvalue weighted by Gasteiger charge is 2.23. The van der Waals surface area contributed by atoms with Crippen LogP contribution < -0.4 is 16.4 Å². The fraction of sp³-hybridized carbons (Fsp3) is 0.400. The van der Waals surface area contributed by atoms with E-state index in [1.54, 1.807) is 6.20 Å². The van der Waals surface area contributed by atoms with Gasteiger partial charge in [0.25, 0.3) is 0 Å². The van der Waals surface area contributed by atoms with Gasteiger partial charge in [0.1, 0.15) is 11.5 Å². The van der Waals surface area contributed by atoms with Crippen LogP contribution in [0.3, 0.4) is 0 Å². The summed E-state index contributed by atoms with van der Waals surface area (Å²) in [5.41, 5.74) is 6.47. The zero-order chi connectivity index (χ0) is 10.8.